The molecule has 0 bridgehead atoms. The molecule has 0 saturated carbocycles. The summed E-state index contributed by atoms with van der Waals surface area (Å²) in [6.45, 7) is 12.5. The molecule has 4 aliphatic heterocycles. The average molecular weight is 1250 g/mol. The lowest BCUT2D eigenvalue weighted by Gasteiger charge is -2.35. The quantitative estimate of drug-likeness (QED) is 0.0241. The first kappa shape index (κ1) is 68.7. The van der Waals surface area contributed by atoms with Crippen LogP contribution in [0.5, 0.6) is 0 Å². The number of piperazine rings is 1. The molecule has 90 heavy (non-hydrogen) atoms. The van der Waals surface area contributed by atoms with Crippen molar-refractivity contribution in [1.29, 1.82) is 0 Å². The van der Waals surface area contributed by atoms with Crippen LogP contribution in [0.1, 0.15) is 129 Å². The Hall–Kier alpha value is -8.75. The number of halogens is 1. The summed E-state index contributed by atoms with van der Waals surface area (Å²) in [4.78, 5) is 133. The average Bonchev–Trinajstić information content (AvgIpc) is 2.00. The number of carbonyl (C=O) groups excluding carboxylic acids is 10. The number of aliphatic hydroxyl groups is 1. The van der Waals surface area contributed by atoms with Crippen molar-refractivity contribution in [3.05, 3.63) is 83.2 Å². The number of hydrogen-bond donors (Lipinski definition) is 6. The zero-order chi connectivity index (χ0) is 65.2. The minimum Gasteiger partial charge on any atom is -0.457 e. The molecule has 7 N–H and O–H groups in total. The number of likely N-dealkylation sites (tertiary alicyclic amines) is 1. The maximum absolute atomic E-state index is 15.6. The number of urea groups is 1. The summed E-state index contributed by atoms with van der Waals surface area (Å²) >= 11 is 0. The SMILES string of the molecule is CC(=O)N1CCC(n2nnc3c(F)cc(/C=C(\C)[C@H]4OC(=O)C[C@H](O)CC[C@H](C)[C@@H](OC(=O)N5CCN(C(=O)OCc6ccc(NC(=O)C(CCCNC(N)=O)NC(=O)C(NC(=O)CCCCCN7C(=O)C=CC7=O)C(C)C)cc6)CC5)/C=C/[C@@H]4C)cc32)CC1. The number of fused-ring (bicyclic) bond motifs is 1. The molecule has 3 aromatic rings. The highest BCUT2D eigenvalue weighted by atomic mass is 19.1. The highest BCUT2D eigenvalue weighted by molar-refractivity contribution is 6.12. The Bertz CT molecular complexity index is 3150. The molecule has 7 atom stereocenters. The Labute approximate surface area is 522 Å². The number of cyclic esters (lactones) is 1. The summed E-state index contributed by atoms with van der Waals surface area (Å²) in [5, 5.41) is 30.1. The van der Waals surface area contributed by atoms with E-state index in [-0.39, 0.29) is 125 Å². The van der Waals surface area contributed by atoms with Gasteiger partial charge in [-0.1, -0.05) is 63.6 Å². The Morgan fingerprint density at radius 2 is 1.50 bits per heavy atom. The van der Waals surface area contributed by atoms with Gasteiger partial charge >= 0.3 is 24.2 Å². The van der Waals surface area contributed by atoms with Crippen LogP contribution in [0.4, 0.5) is 24.5 Å². The second kappa shape index (κ2) is 32.6. The van der Waals surface area contributed by atoms with Gasteiger partial charge in [-0.05, 0) is 117 Å². The lowest BCUT2D eigenvalue weighted by molar-refractivity contribution is -0.151. The van der Waals surface area contributed by atoms with Crippen LogP contribution in [0.25, 0.3) is 17.1 Å². The van der Waals surface area contributed by atoms with Gasteiger partial charge in [0.1, 0.15) is 36.4 Å². The summed E-state index contributed by atoms with van der Waals surface area (Å²) in [5.74, 6) is -4.56. The van der Waals surface area contributed by atoms with Crippen molar-refractivity contribution in [1.82, 2.24) is 50.5 Å². The van der Waals surface area contributed by atoms with Crippen molar-refractivity contribution >= 4 is 82.4 Å². The van der Waals surface area contributed by atoms with E-state index in [1.807, 2.05) is 19.9 Å². The number of aromatic nitrogens is 3. The molecule has 488 valence electrons. The smallest absolute Gasteiger partial charge is 0.410 e. The van der Waals surface area contributed by atoms with Crippen LogP contribution in [0, 0.1) is 23.6 Å². The molecule has 27 heteroatoms. The molecule has 7 rings (SSSR count). The van der Waals surface area contributed by atoms with E-state index < -0.39 is 78.1 Å². The molecule has 2 aromatic carbocycles. The number of nitrogens with two attached hydrogens (primary N) is 1. The van der Waals surface area contributed by atoms with Crippen molar-refractivity contribution in [2.45, 2.75) is 155 Å². The van der Waals surface area contributed by atoms with E-state index in [9.17, 15) is 53.1 Å². The van der Waals surface area contributed by atoms with Crippen molar-refractivity contribution < 1.29 is 71.7 Å². The van der Waals surface area contributed by atoms with E-state index in [1.165, 1.54) is 34.9 Å². The van der Waals surface area contributed by atoms with Gasteiger partial charge in [0.25, 0.3) is 11.8 Å². The predicted octanol–water partition coefficient (Wildman–Crippen LogP) is 5.40. The Morgan fingerprint density at radius 1 is 0.822 bits per heavy atom. The van der Waals surface area contributed by atoms with Gasteiger partial charge in [-0.15, -0.1) is 5.10 Å². The maximum Gasteiger partial charge on any atom is 0.410 e. The molecule has 2 saturated heterocycles. The molecule has 0 spiro atoms. The Kier molecular flexibility index (Phi) is 24.9. The maximum atomic E-state index is 15.6. The van der Waals surface area contributed by atoms with Gasteiger partial charge in [-0.3, -0.25) is 38.5 Å². The summed E-state index contributed by atoms with van der Waals surface area (Å²) in [6.07, 6.45) is 7.58. The molecule has 2 fully saturated rings. The molecule has 4 aliphatic rings. The number of carbonyl (C=O) groups is 10. The lowest BCUT2D eigenvalue weighted by Crippen LogP contribution is -2.54. The van der Waals surface area contributed by atoms with E-state index in [2.05, 4.69) is 31.6 Å². The predicted molar refractivity (Wildman–Crippen MR) is 327 cm³/mol. The van der Waals surface area contributed by atoms with Crippen LogP contribution >= 0.6 is 0 Å². The normalized spacial score (nSPS) is 21.4. The highest BCUT2D eigenvalue weighted by Crippen LogP contribution is 2.31. The monoisotopic (exact) mass is 1250 g/mol. The van der Waals surface area contributed by atoms with Crippen molar-refractivity contribution in [2.24, 2.45) is 23.5 Å². The fraction of sp³-hybridized carbons (Fsp3) is 0.556. The number of nitrogens with one attached hydrogen (secondary N) is 4. The number of unbranched alkanes of at least 4 members (excludes halogenated alkanes) is 2. The largest absolute Gasteiger partial charge is 0.457 e. The fourth-order valence-corrected chi connectivity index (χ4v) is 11.2. The van der Waals surface area contributed by atoms with Gasteiger partial charge in [0.15, 0.2) is 5.82 Å². The molecule has 2 unspecified atom stereocenters. The van der Waals surface area contributed by atoms with Crippen molar-refractivity contribution in [3.8, 4) is 0 Å². The zero-order valence-electron chi connectivity index (χ0n) is 52.0. The first-order valence-electron chi connectivity index (χ1n) is 30.9. The molecule has 0 aliphatic carbocycles. The van der Waals surface area contributed by atoms with Crippen LogP contribution in [-0.4, -0.2) is 182 Å². The van der Waals surface area contributed by atoms with Gasteiger partial charge in [0.05, 0.1) is 24.1 Å². The number of anilines is 1. The third-order valence-electron chi connectivity index (χ3n) is 16.6. The summed E-state index contributed by atoms with van der Waals surface area (Å²) < 4.78 is 35.1. The number of benzene rings is 2. The number of piperidine rings is 1. The number of nitrogens with zero attached hydrogens (tertiary/aromatic N) is 7. The van der Waals surface area contributed by atoms with Crippen LogP contribution in [0.2, 0.25) is 0 Å². The summed E-state index contributed by atoms with van der Waals surface area (Å²) in [7, 11) is 0. The van der Waals surface area contributed by atoms with E-state index in [0.717, 1.165) is 4.90 Å². The van der Waals surface area contributed by atoms with Gasteiger partial charge in [-0.2, -0.15) is 0 Å². The lowest BCUT2D eigenvalue weighted by atomic mass is 9.91. The first-order valence-corrected chi connectivity index (χ1v) is 30.9. The topological polar surface area (TPSA) is 336 Å². The minimum absolute atomic E-state index is 0.00361. The first-order chi connectivity index (χ1) is 42.9. The van der Waals surface area contributed by atoms with E-state index >= 15 is 4.39 Å². The molecule has 1 aromatic heterocycles. The number of imide groups is 1. The van der Waals surface area contributed by atoms with Gasteiger partial charge in [0, 0.05) is 89.5 Å². The highest BCUT2D eigenvalue weighted by Gasteiger charge is 2.33. The van der Waals surface area contributed by atoms with Crippen LogP contribution in [0.3, 0.4) is 0 Å². The molecule has 0 radical (unpaired) electrons. The molecular formula is C63H85FN12O14. The third-order valence-corrected chi connectivity index (χ3v) is 16.6. The zero-order valence-corrected chi connectivity index (χ0v) is 52.0. The number of ether oxygens (including phenoxy) is 3. The van der Waals surface area contributed by atoms with Crippen LogP contribution in [0.15, 0.2) is 66.3 Å². The van der Waals surface area contributed by atoms with Crippen molar-refractivity contribution in [2.75, 3.05) is 57.7 Å². The van der Waals surface area contributed by atoms with E-state index in [4.69, 9.17) is 19.9 Å². The number of esters is 1. The molecule has 5 heterocycles. The fourth-order valence-electron chi connectivity index (χ4n) is 11.2. The number of hydrogen-bond acceptors (Lipinski definition) is 16. The second-order valence-electron chi connectivity index (χ2n) is 23.9. The Morgan fingerprint density at radius 3 is 2.16 bits per heavy atom. The number of aliphatic hydroxyl groups excluding tert-OH is 1. The van der Waals surface area contributed by atoms with Gasteiger partial charge < -0.3 is 61.0 Å². The Balaban J connectivity index is 0.890. The van der Waals surface area contributed by atoms with Crippen LogP contribution in [-0.2, 0) is 54.4 Å². The number of amides is 10. The second-order valence-corrected chi connectivity index (χ2v) is 23.9. The standard InChI is InChI=1S/C63H85FN12O14/c1-38(2)56(69-52(79)12-8-7-9-26-75-53(80)21-22-54(75)81)60(84)68-49(11-10-25-66-61(65)85)59(83)67-45-17-15-43(16-18-45)37-88-62(86)73-29-31-74(32-30-73)63(87)89-51-20-14-40(4)58(90-55(82)36-47(78)19-13-39(51)3)41(5)33-44-34-48(64)57-50(35-44)76(71-70-57)46-23-27-72(28-24-46)42(6)77/h14-18,20-22,33-35,38-40,46-47,49,51,56,58,78H,7-13,19,23-32,36-37H2,1-6H3,(H,67,83)(H,68,84)(H,69,79)(H3,65,66,85)/b20-14+,41-33+/t39-,40-,47+,49?,51-,56?,58-/m0/s1. The third kappa shape index (κ3) is 19.6. The summed E-state index contributed by atoms with van der Waals surface area (Å²) in [6, 6.07) is 6.73. The summed E-state index contributed by atoms with van der Waals surface area (Å²) in [5.41, 5.74) is 7.89. The minimum atomic E-state index is -1.09. The van der Waals surface area contributed by atoms with E-state index in [0.29, 0.717) is 79.5 Å². The van der Waals surface area contributed by atoms with Gasteiger partial charge in [-0.25, -0.2) is 23.5 Å². The van der Waals surface area contributed by atoms with Crippen LogP contribution < -0.4 is 27.0 Å². The van der Waals surface area contributed by atoms with Gasteiger partial charge in [0.2, 0.25) is 23.6 Å². The number of rotatable bonds is 22. The number of primary amides is 1. The molecule has 26 nitrogen and oxygen atoms in total. The van der Waals surface area contributed by atoms with E-state index in [1.54, 1.807) is 72.8 Å². The molecular weight excluding hydrogens is 1170 g/mol. The molecule has 10 amide bonds. The van der Waals surface area contributed by atoms with Crippen molar-refractivity contribution in [3.63, 3.8) is 0 Å².